The number of carbonyl (C=O) groups excluding carboxylic acids is 1. The molecule has 24 heavy (non-hydrogen) atoms. The number of aliphatic hydroxyl groups is 1. The van der Waals surface area contributed by atoms with E-state index in [0.29, 0.717) is 12.0 Å². The molecule has 0 heterocycles. The first-order chi connectivity index (χ1) is 11.6. The Hall–Kier alpha value is -2.81. The molecule has 0 aliphatic heterocycles. The van der Waals surface area contributed by atoms with Crippen LogP contribution in [-0.4, -0.2) is 28.9 Å². The summed E-state index contributed by atoms with van der Waals surface area (Å²) in [5.74, 6) is 5.24. The highest BCUT2D eigenvalue weighted by atomic mass is 35.5. The molecule has 0 aromatic heterocycles. The number of amides is 1. The zero-order chi connectivity index (χ0) is 17.4. The smallest absolute Gasteiger partial charge is 0.271 e. The van der Waals surface area contributed by atoms with Crippen LogP contribution in [0.15, 0.2) is 47.6 Å². The van der Waals surface area contributed by atoms with Gasteiger partial charge in [-0.25, -0.2) is 5.43 Å². The highest BCUT2D eigenvalue weighted by Crippen LogP contribution is 2.23. The number of nitrogens with one attached hydrogen (secondary N) is 1. The first kappa shape index (κ1) is 17.5. The van der Waals surface area contributed by atoms with Crippen LogP contribution in [0, 0.1) is 11.8 Å². The Labute approximate surface area is 144 Å². The normalized spacial score (nSPS) is 10.2. The molecule has 0 aliphatic rings. The zero-order valence-electron chi connectivity index (χ0n) is 12.7. The number of carbonyl (C=O) groups is 1. The molecule has 2 aromatic carbocycles. The molecular formula is C18H15ClN2O3. The van der Waals surface area contributed by atoms with Gasteiger partial charge in [-0.05, 0) is 35.9 Å². The van der Waals surface area contributed by atoms with Crippen LogP contribution in [0.4, 0.5) is 0 Å². The lowest BCUT2D eigenvalue weighted by Gasteiger charge is -2.02. The third-order valence-corrected chi connectivity index (χ3v) is 3.25. The van der Waals surface area contributed by atoms with Crippen molar-refractivity contribution in [3.8, 4) is 17.6 Å². The predicted molar refractivity (Wildman–Crippen MR) is 93.2 cm³/mol. The lowest BCUT2D eigenvalue weighted by Crippen LogP contribution is -2.17. The topological polar surface area (TPSA) is 81.9 Å². The van der Waals surface area contributed by atoms with Crippen LogP contribution in [0.3, 0.4) is 0 Å². The summed E-state index contributed by atoms with van der Waals surface area (Å²) in [4.78, 5) is 11.9. The Morgan fingerprint density at radius 3 is 2.88 bits per heavy atom. The minimum Gasteiger partial charge on any atom is -0.506 e. The second-order valence-corrected chi connectivity index (χ2v) is 5.17. The number of hydrazone groups is 1. The Morgan fingerprint density at radius 2 is 2.12 bits per heavy atom. The van der Waals surface area contributed by atoms with Crippen LogP contribution in [0.1, 0.15) is 27.9 Å². The third kappa shape index (κ3) is 5.13. The standard InChI is InChI=1S/C18H15ClN2O3/c19-16-11-15(7-8-17(16)23)18(24)21-20-12-14-6-3-5-13(10-14)4-1-2-9-22/h3,5-8,10-12,22-23H,2,9H2,(H,21,24)/b20-12+. The molecular weight excluding hydrogens is 328 g/mol. The Balaban J connectivity index is 2.01. The number of halogens is 1. The van der Waals surface area contributed by atoms with Crippen molar-refractivity contribution in [2.45, 2.75) is 6.42 Å². The van der Waals surface area contributed by atoms with Crippen LogP contribution in [-0.2, 0) is 0 Å². The number of hydrogen-bond donors (Lipinski definition) is 3. The zero-order valence-corrected chi connectivity index (χ0v) is 13.4. The van der Waals surface area contributed by atoms with Crippen molar-refractivity contribution >= 4 is 23.7 Å². The van der Waals surface area contributed by atoms with Gasteiger partial charge in [-0.2, -0.15) is 5.10 Å². The SMILES string of the molecule is O=C(N/N=C/c1cccc(C#CCCO)c1)c1ccc(O)c(Cl)c1. The molecule has 1 amide bonds. The van der Waals surface area contributed by atoms with Gasteiger partial charge in [0.2, 0.25) is 0 Å². The van der Waals surface area contributed by atoms with Gasteiger partial charge in [0.15, 0.2) is 0 Å². The highest BCUT2D eigenvalue weighted by Gasteiger charge is 2.07. The number of aliphatic hydroxyl groups excluding tert-OH is 1. The molecule has 0 aliphatic carbocycles. The van der Waals surface area contributed by atoms with Gasteiger partial charge in [0.25, 0.3) is 5.91 Å². The third-order valence-electron chi connectivity index (χ3n) is 2.95. The molecule has 0 atom stereocenters. The average molecular weight is 343 g/mol. The van der Waals surface area contributed by atoms with Crippen LogP contribution < -0.4 is 5.43 Å². The molecule has 3 N–H and O–H groups in total. The number of phenols is 1. The average Bonchev–Trinajstić information content (AvgIpc) is 2.58. The van der Waals surface area contributed by atoms with Crippen molar-refractivity contribution in [2.24, 2.45) is 5.10 Å². The number of aromatic hydroxyl groups is 1. The maximum Gasteiger partial charge on any atom is 0.271 e. The van der Waals surface area contributed by atoms with Gasteiger partial charge >= 0.3 is 0 Å². The summed E-state index contributed by atoms with van der Waals surface area (Å²) in [6.07, 6.45) is 1.92. The van der Waals surface area contributed by atoms with E-state index in [1.54, 1.807) is 0 Å². The van der Waals surface area contributed by atoms with E-state index >= 15 is 0 Å². The number of phenolic OH excluding ortho intramolecular Hbond substituents is 1. The summed E-state index contributed by atoms with van der Waals surface area (Å²) >= 11 is 5.76. The van der Waals surface area contributed by atoms with E-state index in [4.69, 9.17) is 16.7 Å². The van der Waals surface area contributed by atoms with Gasteiger partial charge in [0.05, 0.1) is 17.8 Å². The number of rotatable bonds is 4. The molecule has 0 fully saturated rings. The molecule has 0 saturated heterocycles. The molecule has 0 saturated carbocycles. The fraction of sp³-hybridized carbons (Fsp3) is 0.111. The second-order valence-electron chi connectivity index (χ2n) is 4.77. The van der Waals surface area contributed by atoms with Gasteiger partial charge < -0.3 is 10.2 Å². The molecule has 6 heteroatoms. The maximum absolute atomic E-state index is 11.9. The van der Waals surface area contributed by atoms with Gasteiger partial charge in [-0.15, -0.1) is 0 Å². The lowest BCUT2D eigenvalue weighted by atomic mass is 10.1. The fourth-order valence-corrected chi connectivity index (χ4v) is 1.98. The Kier molecular flexibility index (Phi) is 6.38. The first-order valence-electron chi connectivity index (χ1n) is 7.12. The van der Waals surface area contributed by atoms with Crippen molar-refractivity contribution in [3.05, 3.63) is 64.2 Å². The van der Waals surface area contributed by atoms with E-state index in [-0.39, 0.29) is 17.4 Å². The Morgan fingerprint density at radius 1 is 1.29 bits per heavy atom. The van der Waals surface area contributed by atoms with Crippen molar-refractivity contribution in [3.63, 3.8) is 0 Å². The number of nitrogens with zero attached hydrogens (tertiary/aromatic N) is 1. The van der Waals surface area contributed by atoms with Crippen LogP contribution in [0.5, 0.6) is 5.75 Å². The molecule has 2 rings (SSSR count). The maximum atomic E-state index is 11.9. The summed E-state index contributed by atoms with van der Waals surface area (Å²) in [6.45, 7) is 0.0292. The van der Waals surface area contributed by atoms with Crippen molar-refractivity contribution in [2.75, 3.05) is 6.61 Å². The highest BCUT2D eigenvalue weighted by molar-refractivity contribution is 6.32. The van der Waals surface area contributed by atoms with E-state index in [1.165, 1.54) is 24.4 Å². The van der Waals surface area contributed by atoms with Crippen molar-refractivity contribution < 1.29 is 15.0 Å². The molecule has 0 radical (unpaired) electrons. The van der Waals surface area contributed by atoms with E-state index in [9.17, 15) is 9.90 Å². The lowest BCUT2D eigenvalue weighted by molar-refractivity contribution is 0.0955. The van der Waals surface area contributed by atoms with Gasteiger partial charge in [-0.3, -0.25) is 4.79 Å². The summed E-state index contributed by atoms with van der Waals surface area (Å²) in [5.41, 5.74) is 4.25. The first-order valence-corrected chi connectivity index (χ1v) is 7.49. The monoisotopic (exact) mass is 342 g/mol. The second kappa shape index (κ2) is 8.73. The van der Waals surface area contributed by atoms with Crippen LogP contribution >= 0.6 is 11.6 Å². The van der Waals surface area contributed by atoms with Gasteiger partial charge in [-0.1, -0.05) is 35.6 Å². The molecule has 122 valence electrons. The molecule has 0 spiro atoms. The summed E-state index contributed by atoms with van der Waals surface area (Å²) in [6, 6.07) is 11.5. The van der Waals surface area contributed by atoms with Gasteiger partial charge in [0.1, 0.15) is 5.75 Å². The van der Waals surface area contributed by atoms with E-state index in [1.807, 2.05) is 24.3 Å². The van der Waals surface area contributed by atoms with E-state index in [2.05, 4.69) is 22.4 Å². The van der Waals surface area contributed by atoms with Crippen molar-refractivity contribution in [1.29, 1.82) is 0 Å². The fourth-order valence-electron chi connectivity index (χ4n) is 1.80. The predicted octanol–water partition coefficient (Wildman–Crippen LogP) is 2.54. The number of benzene rings is 2. The minimum absolute atomic E-state index is 0.0292. The minimum atomic E-state index is -0.438. The van der Waals surface area contributed by atoms with Crippen LogP contribution in [0.25, 0.3) is 0 Å². The van der Waals surface area contributed by atoms with Gasteiger partial charge in [0, 0.05) is 17.5 Å². The van der Waals surface area contributed by atoms with Crippen LogP contribution in [0.2, 0.25) is 5.02 Å². The Bertz CT molecular complexity index is 822. The molecule has 0 unspecified atom stereocenters. The summed E-state index contributed by atoms with van der Waals surface area (Å²) < 4.78 is 0. The quantitative estimate of drug-likeness (QED) is 0.453. The van der Waals surface area contributed by atoms with Crippen molar-refractivity contribution in [1.82, 2.24) is 5.43 Å². The van der Waals surface area contributed by atoms with E-state index in [0.717, 1.165) is 11.1 Å². The molecule has 5 nitrogen and oxygen atoms in total. The molecule has 0 bridgehead atoms. The molecule has 2 aromatic rings. The largest absolute Gasteiger partial charge is 0.506 e. The number of hydrogen-bond acceptors (Lipinski definition) is 4. The summed E-state index contributed by atoms with van der Waals surface area (Å²) in [5, 5.41) is 22.0. The summed E-state index contributed by atoms with van der Waals surface area (Å²) in [7, 11) is 0. The van der Waals surface area contributed by atoms with E-state index < -0.39 is 5.91 Å².